The summed E-state index contributed by atoms with van der Waals surface area (Å²) in [6.45, 7) is 5.25. The van der Waals surface area contributed by atoms with Crippen LogP contribution in [-0.4, -0.2) is 63.7 Å². The lowest BCUT2D eigenvalue weighted by molar-refractivity contribution is -0.141. The van der Waals surface area contributed by atoms with Gasteiger partial charge in [0.1, 0.15) is 19.3 Å². The molecule has 1 heterocycles. The summed E-state index contributed by atoms with van der Waals surface area (Å²) >= 11 is 13.0. The Balaban J connectivity index is 1.60. The molecule has 1 aliphatic rings. The summed E-state index contributed by atoms with van der Waals surface area (Å²) in [6.07, 6.45) is 1.55. The van der Waals surface area contributed by atoms with E-state index in [2.05, 4.69) is 5.32 Å². The number of fused-ring (bicyclic) bond motifs is 1. The summed E-state index contributed by atoms with van der Waals surface area (Å²) in [7, 11) is -3.70. The summed E-state index contributed by atoms with van der Waals surface area (Å²) < 4.78 is 38.1. The van der Waals surface area contributed by atoms with Gasteiger partial charge in [-0.25, -0.2) is 8.42 Å². The molecule has 0 aromatic heterocycles. The zero-order chi connectivity index (χ0) is 32.6. The first-order valence-electron chi connectivity index (χ1n) is 14.9. The number of carbonyl (C=O) groups is 2. The van der Waals surface area contributed by atoms with Crippen molar-refractivity contribution >= 4 is 50.7 Å². The number of benzene rings is 3. The number of halogens is 2. The summed E-state index contributed by atoms with van der Waals surface area (Å²) in [5.41, 5.74) is 1.81. The molecule has 0 bridgehead atoms. The highest BCUT2D eigenvalue weighted by Crippen LogP contribution is 2.35. The molecular weight excluding hydrogens is 637 g/mol. The molecule has 0 saturated heterocycles. The van der Waals surface area contributed by atoms with E-state index in [4.69, 9.17) is 32.7 Å². The predicted octanol–water partition coefficient (Wildman–Crippen LogP) is 5.72. The molecule has 9 nitrogen and oxygen atoms in total. The smallest absolute Gasteiger partial charge is 0.243 e. The lowest BCUT2D eigenvalue weighted by Gasteiger charge is -2.32. The van der Waals surface area contributed by atoms with Gasteiger partial charge >= 0.3 is 0 Å². The highest BCUT2D eigenvalue weighted by atomic mass is 35.5. The molecule has 0 saturated carbocycles. The number of sulfonamides is 1. The Morgan fingerprint density at radius 1 is 0.933 bits per heavy atom. The Labute approximate surface area is 275 Å². The fourth-order valence-electron chi connectivity index (χ4n) is 5.02. The minimum Gasteiger partial charge on any atom is -0.486 e. The van der Waals surface area contributed by atoms with E-state index in [0.717, 1.165) is 11.8 Å². The van der Waals surface area contributed by atoms with Gasteiger partial charge in [-0.3, -0.25) is 13.9 Å². The molecule has 4 rings (SSSR count). The van der Waals surface area contributed by atoms with E-state index >= 15 is 0 Å². The number of nitrogens with zero attached hydrogens (tertiary/aromatic N) is 2. The maximum absolute atomic E-state index is 14.1. The van der Waals surface area contributed by atoms with Crippen LogP contribution in [0.2, 0.25) is 10.0 Å². The lowest BCUT2D eigenvalue weighted by Crippen LogP contribution is -2.51. The van der Waals surface area contributed by atoms with Crippen LogP contribution in [-0.2, 0) is 32.6 Å². The van der Waals surface area contributed by atoms with Crippen LogP contribution in [0.25, 0.3) is 0 Å². The number of ether oxygens (including phenoxy) is 2. The molecule has 1 aliphatic heterocycles. The number of nitrogens with one attached hydrogen (secondary N) is 1. The second-order valence-electron chi connectivity index (χ2n) is 11.3. The van der Waals surface area contributed by atoms with Gasteiger partial charge in [0.25, 0.3) is 0 Å². The first-order valence-corrected chi connectivity index (χ1v) is 17.5. The fourth-order valence-corrected chi connectivity index (χ4v) is 6.50. The largest absolute Gasteiger partial charge is 0.486 e. The van der Waals surface area contributed by atoms with Crippen molar-refractivity contribution in [3.8, 4) is 11.5 Å². The number of anilines is 1. The quantitative estimate of drug-likeness (QED) is 0.234. The standard InChI is InChI=1S/C33H39Cl2N3O6S/c1-23(2)21-36-33(40)29(19-24-9-5-4-6-10-24)37(22-26-27(34)11-7-12-28(26)35)32(39)13-8-16-38(45(3,41)42)25-14-15-30-31(20-25)44-18-17-43-30/h4-7,9-12,14-15,20,23,29H,8,13,16-19,21-22H2,1-3H3,(H,36,40). The van der Waals surface area contributed by atoms with Crippen LogP contribution in [0.4, 0.5) is 5.69 Å². The second kappa shape index (κ2) is 15.7. The molecule has 242 valence electrons. The highest BCUT2D eigenvalue weighted by Gasteiger charge is 2.31. The normalized spacial score (nSPS) is 13.3. The van der Waals surface area contributed by atoms with Gasteiger partial charge in [0, 0.05) is 54.2 Å². The van der Waals surface area contributed by atoms with E-state index in [1.807, 2.05) is 44.2 Å². The number of rotatable bonds is 14. The zero-order valence-electron chi connectivity index (χ0n) is 25.7. The van der Waals surface area contributed by atoms with Crippen molar-refractivity contribution in [2.45, 2.75) is 45.7 Å². The second-order valence-corrected chi connectivity index (χ2v) is 14.1. The zero-order valence-corrected chi connectivity index (χ0v) is 28.0. The van der Waals surface area contributed by atoms with E-state index in [0.29, 0.717) is 52.6 Å². The van der Waals surface area contributed by atoms with Gasteiger partial charge in [-0.15, -0.1) is 0 Å². The molecule has 0 aliphatic carbocycles. The highest BCUT2D eigenvalue weighted by molar-refractivity contribution is 7.92. The molecule has 3 aromatic carbocycles. The fraction of sp³-hybridized carbons (Fsp3) is 0.394. The summed E-state index contributed by atoms with van der Waals surface area (Å²) in [6, 6.07) is 18.6. The van der Waals surface area contributed by atoms with Crippen LogP contribution < -0.4 is 19.1 Å². The Kier molecular flexibility index (Phi) is 12.0. The third-order valence-electron chi connectivity index (χ3n) is 7.31. The van der Waals surface area contributed by atoms with Crippen LogP contribution in [0.15, 0.2) is 66.7 Å². The molecule has 0 fully saturated rings. The number of hydrogen-bond acceptors (Lipinski definition) is 6. The Bertz CT molecular complexity index is 1570. The van der Waals surface area contributed by atoms with Gasteiger partial charge in [-0.05, 0) is 42.2 Å². The van der Waals surface area contributed by atoms with Crippen molar-refractivity contribution in [1.82, 2.24) is 10.2 Å². The van der Waals surface area contributed by atoms with E-state index in [9.17, 15) is 18.0 Å². The minimum absolute atomic E-state index is 0.00188. The molecular formula is C33H39Cl2N3O6S. The maximum Gasteiger partial charge on any atom is 0.243 e. The molecule has 0 radical (unpaired) electrons. The van der Waals surface area contributed by atoms with Crippen LogP contribution >= 0.6 is 23.2 Å². The predicted molar refractivity (Wildman–Crippen MR) is 178 cm³/mol. The average Bonchev–Trinajstić information content (AvgIpc) is 3.00. The van der Waals surface area contributed by atoms with Crippen LogP contribution in [0.3, 0.4) is 0 Å². The van der Waals surface area contributed by atoms with Gasteiger partial charge in [0.05, 0.1) is 11.9 Å². The average molecular weight is 677 g/mol. The number of amides is 2. The monoisotopic (exact) mass is 675 g/mol. The Morgan fingerprint density at radius 2 is 1.60 bits per heavy atom. The first-order chi connectivity index (χ1) is 21.4. The summed E-state index contributed by atoms with van der Waals surface area (Å²) in [5.74, 6) is 0.585. The molecule has 2 amide bonds. The number of carbonyl (C=O) groups excluding carboxylic acids is 2. The molecule has 12 heteroatoms. The Hall–Kier alpha value is -3.47. The molecule has 1 atom stereocenters. The minimum atomic E-state index is -3.70. The molecule has 0 spiro atoms. The SMILES string of the molecule is CC(C)CNC(=O)C(Cc1ccccc1)N(Cc1c(Cl)cccc1Cl)C(=O)CCCN(c1ccc2c(c1)OCCO2)S(C)(=O)=O. The molecule has 1 unspecified atom stereocenters. The van der Waals surface area contributed by atoms with Crippen LogP contribution in [0, 0.1) is 5.92 Å². The van der Waals surface area contributed by atoms with E-state index in [1.165, 1.54) is 9.21 Å². The maximum atomic E-state index is 14.1. The van der Waals surface area contributed by atoms with Crippen molar-refractivity contribution < 1.29 is 27.5 Å². The topological polar surface area (TPSA) is 105 Å². The van der Waals surface area contributed by atoms with Gasteiger partial charge < -0.3 is 19.7 Å². The van der Waals surface area contributed by atoms with E-state index in [1.54, 1.807) is 36.4 Å². The Morgan fingerprint density at radius 3 is 2.24 bits per heavy atom. The molecule has 3 aromatic rings. The van der Waals surface area contributed by atoms with Gasteiger partial charge in [0.2, 0.25) is 21.8 Å². The van der Waals surface area contributed by atoms with Gasteiger partial charge in [-0.2, -0.15) is 0 Å². The van der Waals surface area contributed by atoms with E-state index < -0.39 is 16.1 Å². The first kappa shape index (κ1) is 34.4. The van der Waals surface area contributed by atoms with Crippen molar-refractivity contribution in [3.05, 3.63) is 87.9 Å². The number of hydrogen-bond donors (Lipinski definition) is 1. The van der Waals surface area contributed by atoms with Crippen molar-refractivity contribution in [1.29, 1.82) is 0 Å². The van der Waals surface area contributed by atoms with Crippen molar-refractivity contribution in [2.75, 3.05) is 36.9 Å². The van der Waals surface area contributed by atoms with Crippen molar-refractivity contribution in [2.24, 2.45) is 5.92 Å². The lowest BCUT2D eigenvalue weighted by atomic mass is 10.0. The van der Waals surface area contributed by atoms with Crippen LogP contribution in [0.5, 0.6) is 11.5 Å². The summed E-state index contributed by atoms with van der Waals surface area (Å²) in [4.78, 5) is 29.3. The summed E-state index contributed by atoms with van der Waals surface area (Å²) in [5, 5.41) is 3.74. The van der Waals surface area contributed by atoms with Crippen molar-refractivity contribution in [3.63, 3.8) is 0 Å². The molecule has 1 N–H and O–H groups in total. The van der Waals surface area contributed by atoms with Gasteiger partial charge in [-0.1, -0.05) is 73.4 Å². The third kappa shape index (κ3) is 9.51. The van der Waals surface area contributed by atoms with Crippen LogP contribution in [0.1, 0.15) is 37.8 Å². The van der Waals surface area contributed by atoms with E-state index in [-0.39, 0.29) is 50.1 Å². The van der Waals surface area contributed by atoms with Gasteiger partial charge in [0.15, 0.2) is 11.5 Å². The molecule has 45 heavy (non-hydrogen) atoms. The third-order valence-corrected chi connectivity index (χ3v) is 9.21.